The number of halogens is 1. The van der Waals surface area contributed by atoms with Gasteiger partial charge in [-0.1, -0.05) is 64.5 Å². The quantitative estimate of drug-likeness (QED) is 0.416. The number of aryl methyl sites for hydroxylation is 1. The van der Waals surface area contributed by atoms with Crippen LogP contribution >= 0.6 is 10.7 Å². The molecule has 1 rings (SSSR count). The van der Waals surface area contributed by atoms with Crippen molar-refractivity contribution < 1.29 is 8.42 Å². The van der Waals surface area contributed by atoms with E-state index in [-0.39, 0.29) is 4.90 Å². The minimum absolute atomic E-state index is 0.203. The van der Waals surface area contributed by atoms with Crippen molar-refractivity contribution in [3.63, 3.8) is 0 Å². The van der Waals surface area contributed by atoms with Gasteiger partial charge in [0.15, 0.2) is 0 Å². The van der Waals surface area contributed by atoms with Crippen molar-refractivity contribution in [2.24, 2.45) is 5.92 Å². The Morgan fingerprint density at radius 1 is 1.10 bits per heavy atom. The molecule has 4 heteroatoms. The van der Waals surface area contributed by atoms with E-state index in [1.807, 2.05) is 6.07 Å². The van der Waals surface area contributed by atoms with Gasteiger partial charge in [0, 0.05) is 10.7 Å². The SMILES string of the molecule is CCCCCCCC(C)CCc1cccc(S(=O)(=O)Cl)c1. The average molecular weight is 331 g/mol. The van der Waals surface area contributed by atoms with Crippen LogP contribution in [0.25, 0.3) is 0 Å². The lowest BCUT2D eigenvalue weighted by molar-refractivity contribution is 0.457. The fraction of sp³-hybridized carbons (Fsp3) is 0.647. The molecule has 0 spiro atoms. The van der Waals surface area contributed by atoms with E-state index >= 15 is 0 Å². The summed E-state index contributed by atoms with van der Waals surface area (Å²) in [6, 6.07) is 6.97. The highest BCUT2D eigenvalue weighted by Gasteiger charge is 2.10. The molecule has 0 saturated heterocycles. The second kappa shape index (κ2) is 9.47. The third-order valence-corrected chi connectivity index (χ3v) is 5.26. The monoisotopic (exact) mass is 330 g/mol. The first-order chi connectivity index (χ1) is 9.93. The normalized spacial score (nSPS) is 13.3. The van der Waals surface area contributed by atoms with Crippen LogP contribution in [-0.2, 0) is 15.5 Å². The molecule has 0 N–H and O–H groups in total. The van der Waals surface area contributed by atoms with Crippen molar-refractivity contribution in [1.29, 1.82) is 0 Å². The highest BCUT2D eigenvalue weighted by Crippen LogP contribution is 2.20. The fourth-order valence-corrected chi connectivity index (χ4v) is 3.33. The summed E-state index contributed by atoms with van der Waals surface area (Å²) in [5, 5.41) is 0. The van der Waals surface area contributed by atoms with Crippen LogP contribution in [-0.4, -0.2) is 8.42 Å². The van der Waals surface area contributed by atoms with Crippen molar-refractivity contribution in [2.45, 2.75) is 70.1 Å². The second-order valence-corrected chi connectivity index (χ2v) is 8.50. The van der Waals surface area contributed by atoms with E-state index < -0.39 is 9.05 Å². The molecule has 0 fully saturated rings. The van der Waals surface area contributed by atoms with Crippen molar-refractivity contribution in [1.82, 2.24) is 0 Å². The zero-order valence-electron chi connectivity index (χ0n) is 13.1. The minimum atomic E-state index is -3.61. The third-order valence-electron chi connectivity index (χ3n) is 3.91. The van der Waals surface area contributed by atoms with Gasteiger partial charge in [-0.05, 0) is 36.5 Å². The molecule has 120 valence electrons. The number of benzene rings is 1. The molecule has 21 heavy (non-hydrogen) atoms. The summed E-state index contributed by atoms with van der Waals surface area (Å²) in [6.45, 7) is 4.51. The molecule has 2 nitrogen and oxygen atoms in total. The molecule has 0 aliphatic heterocycles. The van der Waals surface area contributed by atoms with Gasteiger partial charge in [0.25, 0.3) is 9.05 Å². The van der Waals surface area contributed by atoms with Gasteiger partial charge in [-0.15, -0.1) is 0 Å². The molecule has 0 bridgehead atoms. The maximum atomic E-state index is 11.3. The first kappa shape index (κ1) is 18.5. The van der Waals surface area contributed by atoms with Gasteiger partial charge >= 0.3 is 0 Å². The highest BCUT2D eigenvalue weighted by atomic mass is 35.7. The Labute approximate surface area is 134 Å². The second-order valence-electron chi connectivity index (χ2n) is 5.93. The van der Waals surface area contributed by atoms with E-state index in [0.717, 1.165) is 18.4 Å². The van der Waals surface area contributed by atoms with Gasteiger partial charge in [-0.2, -0.15) is 0 Å². The van der Waals surface area contributed by atoms with E-state index in [0.29, 0.717) is 5.92 Å². The van der Waals surface area contributed by atoms with E-state index in [2.05, 4.69) is 13.8 Å². The van der Waals surface area contributed by atoms with Gasteiger partial charge in [0.05, 0.1) is 4.90 Å². The summed E-state index contributed by atoms with van der Waals surface area (Å²) < 4.78 is 22.6. The maximum absolute atomic E-state index is 11.3. The van der Waals surface area contributed by atoms with Gasteiger partial charge in [0.2, 0.25) is 0 Å². The highest BCUT2D eigenvalue weighted by molar-refractivity contribution is 8.13. The zero-order valence-corrected chi connectivity index (χ0v) is 14.7. The third kappa shape index (κ3) is 7.87. The molecule has 1 atom stereocenters. The smallest absolute Gasteiger partial charge is 0.207 e. The number of hydrogen-bond acceptors (Lipinski definition) is 2. The Hall–Kier alpha value is -0.540. The molecular formula is C17H27ClO2S. The topological polar surface area (TPSA) is 34.1 Å². The largest absolute Gasteiger partial charge is 0.261 e. The lowest BCUT2D eigenvalue weighted by Crippen LogP contribution is -1.99. The van der Waals surface area contributed by atoms with Crippen LogP contribution in [0.3, 0.4) is 0 Å². The maximum Gasteiger partial charge on any atom is 0.261 e. The molecule has 0 saturated carbocycles. The number of unbranched alkanes of at least 4 members (excludes halogenated alkanes) is 4. The molecule has 0 aliphatic carbocycles. The molecule has 0 radical (unpaired) electrons. The van der Waals surface area contributed by atoms with Crippen LogP contribution in [0, 0.1) is 5.92 Å². The van der Waals surface area contributed by atoms with Crippen LogP contribution in [0.5, 0.6) is 0 Å². The standard InChI is InChI=1S/C17H27ClO2S/c1-3-4-5-6-7-9-15(2)12-13-16-10-8-11-17(14-16)21(18,19)20/h8,10-11,14-15H,3-7,9,12-13H2,1-2H3. The molecule has 1 aromatic carbocycles. The van der Waals surface area contributed by atoms with Crippen molar-refractivity contribution in [2.75, 3.05) is 0 Å². The van der Waals surface area contributed by atoms with Crippen LogP contribution in [0.15, 0.2) is 29.2 Å². The van der Waals surface area contributed by atoms with Crippen molar-refractivity contribution in [3.05, 3.63) is 29.8 Å². The fourth-order valence-electron chi connectivity index (χ4n) is 2.51. The Morgan fingerprint density at radius 3 is 2.48 bits per heavy atom. The first-order valence-electron chi connectivity index (χ1n) is 7.97. The lowest BCUT2D eigenvalue weighted by Gasteiger charge is -2.11. The molecular weight excluding hydrogens is 304 g/mol. The summed E-state index contributed by atoms with van der Waals surface area (Å²) in [6.07, 6.45) is 9.88. The van der Waals surface area contributed by atoms with Crippen LogP contribution in [0.4, 0.5) is 0 Å². The molecule has 0 aliphatic rings. The predicted molar refractivity (Wildman–Crippen MR) is 90.3 cm³/mol. The summed E-state index contributed by atoms with van der Waals surface area (Å²) in [5.74, 6) is 0.683. The Balaban J connectivity index is 2.34. The Morgan fingerprint density at radius 2 is 1.81 bits per heavy atom. The van der Waals surface area contributed by atoms with Crippen molar-refractivity contribution in [3.8, 4) is 0 Å². The van der Waals surface area contributed by atoms with Crippen molar-refractivity contribution >= 4 is 19.7 Å². The van der Waals surface area contributed by atoms with E-state index in [4.69, 9.17) is 10.7 Å². The minimum Gasteiger partial charge on any atom is -0.207 e. The lowest BCUT2D eigenvalue weighted by atomic mass is 9.95. The van der Waals surface area contributed by atoms with Gasteiger partial charge < -0.3 is 0 Å². The molecule has 1 unspecified atom stereocenters. The molecule has 0 aromatic heterocycles. The Kier molecular flexibility index (Phi) is 8.35. The van der Waals surface area contributed by atoms with Crippen LogP contribution < -0.4 is 0 Å². The molecule has 1 aromatic rings. The van der Waals surface area contributed by atoms with E-state index in [1.165, 1.54) is 38.5 Å². The van der Waals surface area contributed by atoms with Gasteiger partial charge in [-0.3, -0.25) is 0 Å². The summed E-state index contributed by atoms with van der Waals surface area (Å²) in [7, 11) is 1.76. The summed E-state index contributed by atoms with van der Waals surface area (Å²) in [4.78, 5) is 0.203. The van der Waals surface area contributed by atoms with E-state index in [9.17, 15) is 8.42 Å². The Bertz CT molecular complexity index is 511. The van der Waals surface area contributed by atoms with Gasteiger partial charge in [-0.25, -0.2) is 8.42 Å². The molecule has 0 heterocycles. The van der Waals surface area contributed by atoms with Crippen LogP contribution in [0.1, 0.15) is 64.4 Å². The summed E-state index contributed by atoms with van der Waals surface area (Å²) in [5.41, 5.74) is 1.05. The zero-order chi connectivity index (χ0) is 15.7. The first-order valence-corrected chi connectivity index (χ1v) is 10.3. The number of rotatable bonds is 10. The van der Waals surface area contributed by atoms with Gasteiger partial charge in [0.1, 0.15) is 0 Å². The number of hydrogen-bond donors (Lipinski definition) is 0. The molecule has 0 amide bonds. The van der Waals surface area contributed by atoms with E-state index in [1.54, 1.807) is 18.2 Å². The average Bonchev–Trinajstić information content (AvgIpc) is 2.44. The predicted octanol–water partition coefficient (Wildman–Crippen LogP) is 5.54. The van der Waals surface area contributed by atoms with Crippen LogP contribution in [0.2, 0.25) is 0 Å². The summed E-state index contributed by atoms with van der Waals surface area (Å²) >= 11 is 0.